The third kappa shape index (κ3) is 3.96. The molecule has 0 bridgehead atoms. The Labute approximate surface area is 70.4 Å². The molecule has 0 aromatic rings. The molecule has 0 aliphatic rings. The molecule has 2 N–H and O–H groups in total. The summed E-state index contributed by atoms with van der Waals surface area (Å²) in [6.07, 6.45) is 5.71. The van der Waals surface area contributed by atoms with E-state index in [1.165, 1.54) is 0 Å². The highest BCUT2D eigenvalue weighted by atomic mass is 28.3. The fourth-order valence-corrected chi connectivity index (χ4v) is 3.34. The Balaban J connectivity index is 4.09. The van der Waals surface area contributed by atoms with E-state index in [1.807, 2.05) is 18.2 Å². The van der Waals surface area contributed by atoms with Gasteiger partial charge in [0.2, 0.25) is 0 Å². The maximum absolute atomic E-state index is 6.15. The predicted molar refractivity (Wildman–Crippen MR) is 55.0 cm³/mol. The number of hydrogen-bond acceptors (Lipinski definition) is 1. The van der Waals surface area contributed by atoms with Crippen LogP contribution in [0.4, 0.5) is 0 Å². The maximum Gasteiger partial charge on any atom is 0.134 e. The Morgan fingerprint density at radius 1 is 0.909 bits per heavy atom. The zero-order valence-corrected chi connectivity index (χ0v) is 8.05. The molecule has 0 radical (unpaired) electrons. The number of allylic oxidation sites excluding steroid dienone is 3. The summed E-state index contributed by atoms with van der Waals surface area (Å²) in [7, 11) is -1.60. The van der Waals surface area contributed by atoms with Gasteiger partial charge in [0.1, 0.15) is 8.24 Å². The highest BCUT2D eigenvalue weighted by molar-refractivity contribution is 6.78. The van der Waals surface area contributed by atoms with E-state index < -0.39 is 8.24 Å². The first-order valence-electron chi connectivity index (χ1n) is 3.80. The summed E-state index contributed by atoms with van der Waals surface area (Å²) in [6.45, 7) is 11.1. The molecule has 0 heterocycles. The molecule has 0 fully saturated rings. The van der Waals surface area contributed by atoms with Crippen molar-refractivity contribution in [2.45, 2.75) is 18.1 Å². The molecule has 11 heavy (non-hydrogen) atoms. The largest absolute Gasteiger partial charge is 0.350 e. The smallest absolute Gasteiger partial charge is 0.134 e. The van der Waals surface area contributed by atoms with Crippen LogP contribution in [0.5, 0.6) is 0 Å². The van der Waals surface area contributed by atoms with E-state index in [9.17, 15) is 0 Å². The van der Waals surface area contributed by atoms with Crippen molar-refractivity contribution in [1.29, 1.82) is 0 Å². The van der Waals surface area contributed by atoms with Crippen molar-refractivity contribution in [2.24, 2.45) is 5.40 Å². The lowest BCUT2D eigenvalue weighted by Crippen LogP contribution is -2.43. The fourth-order valence-electron chi connectivity index (χ4n) is 1.11. The standard InChI is InChI=1S/C9H17NSi/c1-4-7-11(10,8-5-2)9-6-3/h4-6H,1-3,7-10H2. The summed E-state index contributed by atoms with van der Waals surface area (Å²) < 4.78 is 0. The molecule has 1 nitrogen and oxygen atoms in total. The van der Waals surface area contributed by atoms with Gasteiger partial charge in [0, 0.05) is 0 Å². The summed E-state index contributed by atoms with van der Waals surface area (Å²) in [5, 5.41) is 6.15. The van der Waals surface area contributed by atoms with Gasteiger partial charge >= 0.3 is 0 Å². The molecule has 2 heteroatoms. The van der Waals surface area contributed by atoms with Crippen LogP contribution in [0.3, 0.4) is 0 Å². The second-order valence-corrected chi connectivity index (χ2v) is 6.79. The Morgan fingerprint density at radius 3 is 1.36 bits per heavy atom. The van der Waals surface area contributed by atoms with Crippen molar-refractivity contribution in [3.8, 4) is 0 Å². The molecular weight excluding hydrogens is 150 g/mol. The predicted octanol–water partition coefficient (Wildman–Crippen LogP) is 2.45. The van der Waals surface area contributed by atoms with Crippen LogP contribution in [0, 0.1) is 0 Å². The molecule has 0 aliphatic carbocycles. The monoisotopic (exact) mass is 167 g/mol. The Bertz CT molecular complexity index is 125. The topological polar surface area (TPSA) is 26.0 Å². The molecule has 0 aromatic heterocycles. The van der Waals surface area contributed by atoms with Crippen LogP contribution in [0.2, 0.25) is 18.1 Å². The Morgan fingerprint density at radius 2 is 1.18 bits per heavy atom. The summed E-state index contributed by atoms with van der Waals surface area (Å²) in [5.41, 5.74) is 0. The zero-order chi connectivity index (χ0) is 8.74. The van der Waals surface area contributed by atoms with Gasteiger partial charge in [-0.15, -0.1) is 19.7 Å². The average molecular weight is 167 g/mol. The van der Waals surface area contributed by atoms with Crippen molar-refractivity contribution >= 4 is 8.24 Å². The van der Waals surface area contributed by atoms with Crippen molar-refractivity contribution in [3.05, 3.63) is 38.0 Å². The Kier molecular flexibility index (Phi) is 4.82. The van der Waals surface area contributed by atoms with Crippen LogP contribution >= 0.6 is 0 Å². The molecule has 0 unspecified atom stereocenters. The molecular formula is C9H17NSi. The molecule has 0 rings (SSSR count). The maximum atomic E-state index is 6.15. The van der Waals surface area contributed by atoms with E-state index in [0.717, 1.165) is 18.1 Å². The molecule has 0 spiro atoms. The lowest BCUT2D eigenvalue weighted by atomic mass is 10.7. The second kappa shape index (κ2) is 5.10. The fraction of sp³-hybridized carbons (Fsp3) is 0.333. The van der Waals surface area contributed by atoms with Gasteiger partial charge in [-0.25, -0.2) is 0 Å². The van der Waals surface area contributed by atoms with Crippen molar-refractivity contribution in [3.63, 3.8) is 0 Å². The van der Waals surface area contributed by atoms with Crippen LogP contribution in [-0.4, -0.2) is 8.24 Å². The lowest BCUT2D eigenvalue weighted by Gasteiger charge is -2.21. The van der Waals surface area contributed by atoms with Crippen LogP contribution in [0.25, 0.3) is 0 Å². The lowest BCUT2D eigenvalue weighted by molar-refractivity contribution is 1.31. The summed E-state index contributed by atoms with van der Waals surface area (Å²) >= 11 is 0. The van der Waals surface area contributed by atoms with Gasteiger partial charge in [-0.2, -0.15) is 0 Å². The van der Waals surface area contributed by atoms with E-state index in [0.29, 0.717) is 0 Å². The van der Waals surface area contributed by atoms with Gasteiger partial charge < -0.3 is 5.40 Å². The molecule has 0 saturated heterocycles. The quantitative estimate of drug-likeness (QED) is 0.477. The molecule has 0 atom stereocenters. The normalized spacial score (nSPS) is 10.6. The Hall–Kier alpha value is -0.603. The van der Waals surface area contributed by atoms with Gasteiger partial charge in [-0.3, -0.25) is 0 Å². The number of rotatable bonds is 6. The summed E-state index contributed by atoms with van der Waals surface area (Å²) in [6, 6.07) is 2.85. The zero-order valence-electron chi connectivity index (χ0n) is 7.05. The van der Waals surface area contributed by atoms with E-state index in [-0.39, 0.29) is 0 Å². The van der Waals surface area contributed by atoms with Gasteiger partial charge in [-0.05, 0) is 18.1 Å². The first-order chi connectivity index (χ1) is 5.18. The van der Waals surface area contributed by atoms with Gasteiger partial charge in [0.15, 0.2) is 0 Å². The summed E-state index contributed by atoms with van der Waals surface area (Å²) in [5.74, 6) is 0. The minimum atomic E-state index is -1.60. The molecule has 0 aliphatic heterocycles. The minimum Gasteiger partial charge on any atom is -0.350 e. The molecule has 62 valence electrons. The SMILES string of the molecule is C=CC[Si](N)(CC=C)CC=C. The van der Waals surface area contributed by atoms with E-state index in [4.69, 9.17) is 5.40 Å². The van der Waals surface area contributed by atoms with Crippen LogP contribution in [0.15, 0.2) is 38.0 Å². The highest BCUT2D eigenvalue weighted by Crippen LogP contribution is 2.15. The first kappa shape index (κ1) is 10.4. The van der Waals surface area contributed by atoms with Gasteiger partial charge in [0.25, 0.3) is 0 Å². The van der Waals surface area contributed by atoms with Crippen molar-refractivity contribution in [1.82, 2.24) is 0 Å². The van der Waals surface area contributed by atoms with E-state index in [1.54, 1.807) is 0 Å². The van der Waals surface area contributed by atoms with Gasteiger partial charge in [0.05, 0.1) is 0 Å². The molecule has 0 saturated carbocycles. The average Bonchev–Trinajstić information content (AvgIpc) is 1.88. The highest BCUT2D eigenvalue weighted by Gasteiger charge is 2.22. The van der Waals surface area contributed by atoms with Crippen LogP contribution < -0.4 is 5.40 Å². The molecule has 0 amide bonds. The van der Waals surface area contributed by atoms with Crippen molar-refractivity contribution in [2.75, 3.05) is 0 Å². The number of nitrogens with two attached hydrogens (primary N) is 1. The van der Waals surface area contributed by atoms with Crippen molar-refractivity contribution < 1.29 is 0 Å². The second-order valence-electron chi connectivity index (χ2n) is 2.84. The van der Waals surface area contributed by atoms with Crippen LogP contribution in [-0.2, 0) is 0 Å². The molecule has 0 aromatic carbocycles. The minimum absolute atomic E-state index is 0.949. The third-order valence-electron chi connectivity index (χ3n) is 1.65. The van der Waals surface area contributed by atoms with E-state index in [2.05, 4.69) is 19.7 Å². The van der Waals surface area contributed by atoms with Crippen LogP contribution in [0.1, 0.15) is 0 Å². The van der Waals surface area contributed by atoms with Gasteiger partial charge in [-0.1, -0.05) is 18.2 Å². The third-order valence-corrected chi connectivity index (χ3v) is 4.96. The first-order valence-corrected chi connectivity index (χ1v) is 6.50. The number of hydrogen-bond donors (Lipinski definition) is 1. The van der Waals surface area contributed by atoms with E-state index >= 15 is 0 Å². The summed E-state index contributed by atoms with van der Waals surface area (Å²) in [4.78, 5) is 0.